The zero-order valence-corrected chi connectivity index (χ0v) is 42.1. The molecule has 62 heavy (non-hydrogen) atoms. The summed E-state index contributed by atoms with van der Waals surface area (Å²) in [6, 6.07) is 0. The summed E-state index contributed by atoms with van der Waals surface area (Å²) in [6.45, 7) is 6.55. The van der Waals surface area contributed by atoms with Gasteiger partial charge in [0.1, 0.15) is 19.3 Å². The molecule has 0 aliphatic rings. The maximum absolute atomic E-state index is 12.4. The molecule has 0 spiro atoms. The Morgan fingerprint density at radius 2 is 0.774 bits per heavy atom. The molecule has 358 valence electrons. The van der Waals surface area contributed by atoms with Crippen molar-refractivity contribution < 1.29 is 32.5 Å². The molecule has 0 heterocycles. The minimum atomic E-state index is -4.42. The van der Waals surface area contributed by atoms with Gasteiger partial charge >= 0.3 is 0 Å². The third-order valence-corrected chi connectivity index (χ3v) is 11.9. The standard InChI is InChI=1S/C54H96NO6P/c1-6-8-10-12-14-16-18-20-22-24-26-28-30-32-34-36-38-40-42-44-46-49-58-52-54(53-61-62(56,57)60-51-48-55(3,4)5)59-50-47-45-43-41-39-37-35-33-31-29-27-25-23-21-19-17-15-13-11-9-7-2/h54H,6-23,32-53H2,1-5H3. The van der Waals surface area contributed by atoms with Crippen LogP contribution in [0.2, 0.25) is 0 Å². The van der Waals surface area contributed by atoms with E-state index in [-0.39, 0.29) is 13.2 Å². The lowest BCUT2D eigenvalue weighted by Gasteiger charge is -2.28. The number of rotatable bonds is 44. The smallest absolute Gasteiger partial charge is 0.268 e. The van der Waals surface area contributed by atoms with Gasteiger partial charge in [-0.2, -0.15) is 0 Å². The third-order valence-electron chi connectivity index (χ3n) is 10.9. The maximum Gasteiger partial charge on any atom is 0.268 e. The van der Waals surface area contributed by atoms with Crippen LogP contribution in [0.25, 0.3) is 0 Å². The first-order chi connectivity index (χ1) is 30.2. The average Bonchev–Trinajstić information content (AvgIpc) is 3.24. The molecule has 2 atom stereocenters. The van der Waals surface area contributed by atoms with Gasteiger partial charge in [0.15, 0.2) is 0 Å². The molecule has 0 aromatic carbocycles. The molecule has 0 amide bonds. The molecule has 0 aromatic rings. The Bertz CT molecular complexity index is 1280. The van der Waals surface area contributed by atoms with E-state index in [1.165, 1.54) is 148 Å². The minimum Gasteiger partial charge on any atom is -0.756 e. The lowest BCUT2D eigenvalue weighted by Crippen LogP contribution is -2.37. The van der Waals surface area contributed by atoms with Crippen molar-refractivity contribution in [2.45, 2.75) is 238 Å². The molecule has 0 N–H and O–H groups in total. The van der Waals surface area contributed by atoms with Crippen LogP contribution >= 0.6 is 7.82 Å². The maximum atomic E-state index is 12.4. The summed E-state index contributed by atoms with van der Waals surface area (Å²) in [5, 5.41) is 0. The summed E-state index contributed by atoms with van der Waals surface area (Å²) in [4.78, 5) is 12.4. The highest BCUT2D eigenvalue weighted by Crippen LogP contribution is 2.38. The highest BCUT2D eigenvalue weighted by atomic mass is 31.2. The van der Waals surface area contributed by atoms with E-state index in [1.807, 2.05) is 21.1 Å². The van der Waals surface area contributed by atoms with Crippen LogP contribution < -0.4 is 4.89 Å². The van der Waals surface area contributed by atoms with Gasteiger partial charge in [0, 0.05) is 38.9 Å². The lowest BCUT2D eigenvalue weighted by molar-refractivity contribution is -0.870. The van der Waals surface area contributed by atoms with Crippen LogP contribution in [0.1, 0.15) is 232 Å². The number of ether oxygens (including phenoxy) is 2. The van der Waals surface area contributed by atoms with E-state index in [2.05, 4.69) is 61.2 Å². The van der Waals surface area contributed by atoms with Gasteiger partial charge in [-0.05, 0) is 62.2 Å². The summed E-state index contributed by atoms with van der Waals surface area (Å²) < 4.78 is 35.4. The first-order valence-electron chi connectivity index (χ1n) is 25.7. The fraction of sp³-hybridized carbons (Fsp3) is 0.852. The van der Waals surface area contributed by atoms with Crippen LogP contribution in [0.15, 0.2) is 0 Å². The number of likely N-dealkylation sites (N-methyl/N-ethyl adjacent to an activating group) is 1. The monoisotopic (exact) mass is 886 g/mol. The lowest BCUT2D eigenvalue weighted by atomic mass is 10.1. The Labute approximate surface area is 385 Å². The van der Waals surface area contributed by atoms with Gasteiger partial charge in [0.25, 0.3) is 7.82 Å². The number of unbranched alkanes of at least 4 members (excludes halogenated alkanes) is 30. The van der Waals surface area contributed by atoms with E-state index in [9.17, 15) is 9.46 Å². The van der Waals surface area contributed by atoms with Gasteiger partial charge in [-0.3, -0.25) is 4.57 Å². The molecule has 0 fully saturated rings. The van der Waals surface area contributed by atoms with Crippen molar-refractivity contribution in [2.75, 3.05) is 60.7 Å². The van der Waals surface area contributed by atoms with E-state index in [1.54, 1.807) is 0 Å². The first-order valence-corrected chi connectivity index (χ1v) is 27.2. The van der Waals surface area contributed by atoms with Crippen LogP contribution in [0.5, 0.6) is 0 Å². The van der Waals surface area contributed by atoms with Crippen molar-refractivity contribution in [2.24, 2.45) is 0 Å². The molecular weight excluding hydrogens is 790 g/mol. The van der Waals surface area contributed by atoms with Crippen molar-refractivity contribution in [3.05, 3.63) is 0 Å². The second-order valence-electron chi connectivity index (χ2n) is 18.3. The van der Waals surface area contributed by atoms with Gasteiger partial charge in [-0.1, -0.05) is 192 Å². The Balaban J connectivity index is 4.12. The molecule has 0 aliphatic carbocycles. The largest absolute Gasteiger partial charge is 0.756 e. The molecule has 8 heteroatoms. The van der Waals surface area contributed by atoms with E-state index >= 15 is 0 Å². The zero-order valence-electron chi connectivity index (χ0n) is 41.2. The Kier molecular flexibility index (Phi) is 45.9. The molecular formula is C54H96NO6P. The number of phosphoric acid groups is 1. The highest BCUT2D eigenvalue weighted by Gasteiger charge is 2.18. The second-order valence-corrected chi connectivity index (χ2v) is 19.7. The van der Waals surface area contributed by atoms with E-state index < -0.39 is 13.9 Å². The fourth-order valence-electron chi connectivity index (χ4n) is 6.87. The van der Waals surface area contributed by atoms with Crippen molar-refractivity contribution in [3.8, 4) is 47.4 Å². The van der Waals surface area contributed by atoms with Crippen LogP contribution in [0.4, 0.5) is 0 Å². The Hall–Kier alpha value is -1.77. The molecule has 0 aliphatic heterocycles. The summed E-state index contributed by atoms with van der Waals surface area (Å²) in [7, 11) is 1.54. The van der Waals surface area contributed by atoms with Crippen molar-refractivity contribution >= 4 is 7.82 Å². The number of hydrogen-bond acceptors (Lipinski definition) is 6. The van der Waals surface area contributed by atoms with Gasteiger partial charge in [0.2, 0.25) is 0 Å². The van der Waals surface area contributed by atoms with Crippen molar-refractivity contribution in [1.29, 1.82) is 0 Å². The number of phosphoric ester groups is 1. The fourth-order valence-corrected chi connectivity index (χ4v) is 7.60. The SMILES string of the molecule is CCCCCCCCCCC#CC#CCCCCCCCCCOCC(COP(=O)([O-])OCC[N+](C)(C)C)OCCCCCCCCCC#CC#CCCCCCCCCCC. The summed E-state index contributed by atoms with van der Waals surface area (Å²) >= 11 is 0. The quantitative estimate of drug-likeness (QED) is 0.0263. The van der Waals surface area contributed by atoms with E-state index in [0.717, 1.165) is 70.6 Å². The molecule has 0 radical (unpaired) electrons. The topological polar surface area (TPSA) is 77.1 Å². The normalized spacial score (nSPS) is 12.5. The first kappa shape index (κ1) is 60.2. The molecule has 0 saturated heterocycles. The number of hydrogen-bond donors (Lipinski definition) is 0. The summed E-state index contributed by atoms with van der Waals surface area (Å²) in [6.07, 6.45) is 40.7. The zero-order chi connectivity index (χ0) is 45.3. The molecule has 2 unspecified atom stereocenters. The van der Waals surface area contributed by atoms with Crippen molar-refractivity contribution in [1.82, 2.24) is 0 Å². The predicted octanol–water partition coefficient (Wildman–Crippen LogP) is 13.9. The average molecular weight is 886 g/mol. The van der Waals surface area contributed by atoms with Crippen LogP contribution in [0, 0.1) is 47.4 Å². The Morgan fingerprint density at radius 3 is 1.15 bits per heavy atom. The molecule has 7 nitrogen and oxygen atoms in total. The number of quaternary nitrogens is 1. The van der Waals surface area contributed by atoms with Crippen LogP contribution in [0.3, 0.4) is 0 Å². The van der Waals surface area contributed by atoms with Crippen LogP contribution in [-0.4, -0.2) is 71.3 Å². The van der Waals surface area contributed by atoms with Gasteiger partial charge in [-0.25, -0.2) is 0 Å². The van der Waals surface area contributed by atoms with Gasteiger partial charge in [-0.15, -0.1) is 0 Å². The molecule has 0 saturated carbocycles. The number of nitrogens with zero attached hydrogens (tertiary/aromatic N) is 1. The molecule has 0 rings (SSSR count). The minimum absolute atomic E-state index is 0.0800. The van der Waals surface area contributed by atoms with E-state index in [4.69, 9.17) is 18.5 Å². The predicted molar refractivity (Wildman–Crippen MR) is 262 cm³/mol. The van der Waals surface area contributed by atoms with Crippen molar-refractivity contribution in [3.63, 3.8) is 0 Å². The summed E-state index contributed by atoms with van der Waals surface area (Å²) in [5.74, 6) is 25.0. The third kappa shape index (κ3) is 50.9. The van der Waals surface area contributed by atoms with Gasteiger partial charge in [0.05, 0.1) is 34.4 Å². The highest BCUT2D eigenvalue weighted by molar-refractivity contribution is 7.45. The molecule has 0 aromatic heterocycles. The molecule has 0 bridgehead atoms. The van der Waals surface area contributed by atoms with Crippen LogP contribution in [-0.2, 0) is 23.1 Å². The van der Waals surface area contributed by atoms with E-state index in [0.29, 0.717) is 30.8 Å². The second kappa shape index (κ2) is 47.2. The van der Waals surface area contributed by atoms with Gasteiger partial charge < -0.3 is 27.9 Å². The Morgan fingerprint density at radius 1 is 0.435 bits per heavy atom. The summed E-state index contributed by atoms with van der Waals surface area (Å²) in [5.41, 5.74) is 0.